The molecule has 2 aliphatic heterocycles. The number of imide groups is 1. The number of hydrogen-bond donors (Lipinski definition) is 1. The maximum absolute atomic E-state index is 14.3. The number of nitrogens with zero attached hydrogens (tertiary/aromatic N) is 4. The van der Waals surface area contributed by atoms with Gasteiger partial charge in [-0.05, 0) is 73.3 Å². The van der Waals surface area contributed by atoms with E-state index in [1.54, 1.807) is 6.08 Å². The van der Waals surface area contributed by atoms with E-state index in [4.69, 9.17) is 27.9 Å². The molecule has 10 nitrogen and oxygen atoms in total. The highest BCUT2D eigenvalue weighted by Crippen LogP contribution is 2.65. The molecule has 1 saturated carbocycles. The number of phenols is 1. The predicted molar refractivity (Wildman–Crippen MR) is 155 cm³/mol. The lowest BCUT2D eigenvalue weighted by molar-refractivity contribution is -0.122. The first-order chi connectivity index (χ1) is 19.3. The number of carbonyl (C=O) groups is 2. The number of aromatic hydroxyl groups is 1. The number of carbonyl (C=O) groups excluding carboxylic acids is 2. The van der Waals surface area contributed by atoms with Gasteiger partial charge in [-0.3, -0.25) is 9.59 Å². The van der Waals surface area contributed by atoms with Gasteiger partial charge < -0.3 is 9.84 Å². The van der Waals surface area contributed by atoms with E-state index in [0.29, 0.717) is 15.6 Å². The molecule has 0 unspecified atom stereocenters. The number of ether oxygens (including phenoxy) is 1. The Morgan fingerprint density at radius 3 is 2.34 bits per heavy atom. The lowest BCUT2D eigenvalue weighted by Crippen LogP contribution is -2.59. The van der Waals surface area contributed by atoms with Crippen molar-refractivity contribution in [3.05, 3.63) is 83.3 Å². The van der Waals surface area contributed by atoms with Gasteiger partial charge in [0.05, 0.1) is 29.9 Å². The largest absolute Gasteiger partial charge is 0.503 e. The molecule has 15 heteroatoms. The van der Waals surface area contributed by atoms with Gasteiger partial charge in [-0.1, -0.05) is 6.08 Å². The minimum absolute atomic E-state index is 0.0165. The van der Waals surface area contributed by atoms with Crippen molar-refractivity contribution in [1.82, 2.24) is 13.9 Å². The fourth-order valence-electron chi connectivity index (χ4n) is 6.09. The van der Waals surface area contributed by atoms with Crippen LogP contribution in [0.25, 0.3) is 0 Å². The third-order valence-electron chi connectivity index (χ3n) is 8.06. The number of fused-ring (bicyclic) bond motifs is 4. The van der Waals surface area contributed by atoms with E-state index >= 15 is 0 Å². The zero-order valence-corrected chi connectivity index (χ0v) is 25.9. The van der Waals surface area contributed by atoms with Crippen molar-refractivity contribution in [2.24, 2.45) is 7.05 Å². The number of allylic oxidation sites excluding steroid dienone is 2. The second-order valence-electron chi connectivity index (χ2n) is 9.99. The van der Waals surface area contributed by atoms with Crippen LogP contribution < -0.4 is 21.0 Å². The highest BCUT2D eigenvalue weighted by Gasteiger charge is 2.76. The van der Waals surface area contributed by atoms with Crippen LogP contribution in [-0.4, -0.2) is 47.7 Å². The lowest BCUT2D eigenvalue weighted by Gasteiger charge is -2.49. The first-order valence-electron chi connectivity index (χ1n) is 12.1. The van der Waals surface area contributed by atoms with Crippen molar-refractivity contribution in [1.29, 1.82) is 0 Å². The van der Waals surface area contributed by atoms with Gasteiger partial charge in [0.15, 0.2) is 21.2 Å². The molecule has 1 saturated heterocycles. The molecule has 1 aromatic heterocycles. The van der Waals surface area contributed by atoms with Crippen LogP contribution in [0.4, 0.5) is 10.1 Å². The summed E-state index contributed by atoms with van der Waals surface area (Å²) in [7, 11) is 2.68. The molecule has 2 aromatic carbocycles. The summed E-state index contributed by atoms with van der Waals surface area (Å²) in [6.45, 7) is -0.0165. The normalized spacial score (nSPS) is 26.9. The Morgan fingerprint density at radius 2 is 1.71 bits per heavy atom. The second kappa shape index (κ2) is 9.32. The molecule has 41 heavy (non-hydrogen) atoms. The molecule has 0 spiro atoms. The van der Waals surface area contributed by atoms with Crippen LogP contribution in [0.3, 0.4) is 0 Å². The molecule has 3 aliphatic rings. The number of halogens is 5. The fourth-order valence-corrected chi connectivity index (χ4v) is 7.95. The van der Waals surface area contributed by atoms with Crippen molar-refractivity contribution in [2.45, 2.75) is 34.7 Å². The number of methoxy groups -OCH3 is 1. The van der Waals surface area contributed by atoms with Crippen molar-refractivity contribution in [2.75, 3.05) is 12.0 Å². The molecule has 1 N–H and O–H groups in total. The Labute approximate surface area is 257 Å². The summed E-state index contributed by atoms with van der Waals surface area (Å²) in [6, 6.07) is 5.24. The van der Waals surface area contributed by atoms with E-state index in [-0.39, 0.29) is 34.6 Å². The van der Waals surface area contributed by atoms with Gasteiger partial charge in [0.25, 0.3) is 11.8 Å². The van der Waals surface area contributed by atoms with Gasteiger partial charge in [0.1, 0.15) is 5.82 Å². The molecule has 0 radical (unpaired) electrons. The smallest absolute Gasteiger partial charge is 0.347 e. The molecule has 1 aliphatic carbocycles. The van der Waals surface area contributed by atoms with Crippen LogP contribution in [0.15, 0.2) is 60.5 Å². The van der Waals surface area contributed by atoms with Gasteiger partial charge in [-0.25, -0.2) is 32.8 Å². The van der Waals surface area contributed by atoms with Gasteiger partial charge in [0.2, 0.25) is 0 Å². The topological polar surface area (TPSA) is 116 Å². The Kier molecular flexibility index (Phi) is 6.42. The van der Waals surface area contributed by atoms with Crippen LogP contribution in [0.2, 0.25) is 0 Å². The first kappa shape index (κ1) is 28.3. The van der Waals surface area contributed by atoms with E-state index in [1.165, 1.54) is 41.7 Å². The van der Waals surface area contributed by atoms with Crippen molar-refractivity contribution in [3.8, 4) is 11.5 Å². The summed E-state index contributed by atoms with van der Waals surface area (Å²) in [6.07, 6.45) is 1.38. The third kappa shape index (κ3) is 3.52. The molecule has 214 valence electrons. The van der Waals surface area contributed by atoms with E-state index in [1.807, 2.05) is 0 Å². The Morgan fingerprint density at radius 1 is 1.05 bits per heavy atom. The van der Waals surface area contributed by atoms with Crippen molar-refractivity contribution >= 4 is 72.6 Å². The third-order valence-corrected chi connectivity index (χ3v) is 11.6. The number of aromatic nitrogens is 3. The minimum Gasteiger partial charge on any atom is -0.503 e. The Hall–Kier alpha value is -2.87. The Bertz CT molecular complexity index is 1840. The Balaban J connectivity index is 1.67. The van der Waals surface area contributed by atoms with Gasteiger partial charge >= 0.3 is 11.4 Å². The molecule has 6 rings (SSSR count). The van der Waals surface area contributed by atoms with E-state index < -0.39 is 50.7 Å². The molecular formula is C26H19Br2Cl2FN4O6. The average molecular weight is 733 g/mol. The summed E-state index contributed by atoms with van der Waals surface area (Å²) < 4.78 is 23.0. The predicted octanol–water partition coefficient (Wildman–Crippen LogP) is 3.92. The molecule has 3 aromatic rings. The van der Waals surface area contributed by atoms with Crippen LogP contribution in [0.1, 0.15) is 23.9 Å². The molecule has 2 amide bonds. The summed E-state index contributed by atoms with van der Waals surface area (Å²) in [5, 5.41) is 10.6. The SMILES string of the molecule is COc1cc([C@H]2C3=CCn4c(=O)n(C)c(=O)n4[C@@H]3C[C@@]3(Cl)C(=O)N(c4ccc(F)cc4)C(=O)[C@@]23Cl)c(Br)c(Br)c1O. The van der Waals surface area contributed by atoms with E-state index in [0.717, 1.165) is 21.6 Å². The molecule has 2 fully saturated rings. The number of benzene rings is 2. The maximum Gasteiger partial charge on any atom is 0.347 e. The van der Waals surface area contributed by atoms with Crippen molar-refractivity contribution in [3.63, 3.8) is 0 Å². The summed E-state index contributed by atoms with van der Waals surface area (Å²) in [4.78, 5) is 51.1. The number of amides is 2. The number of anilines is 1. The molecule has 3 heterocycles. The first-order valence-corrected chi connectivity index (χ1v) is 14.5. The lowest BCUT2D eigenvalue weighted by atomic mass is 9.64. The van der Waals surface area contributed by atoms with Crippen LogP contribution >= 0.6 is 55.1 Å². The van der Waals surface area contributed by atoms with Crippen molar-refractivity contribution < 1.29 is 23.8 Å². The fraction of sp³-hybridized carbons (Fsp3) is 0.308. The van der Waals surface area contributed by atoms with Gasteiger partial charge in [-0.15, -0.1) is 23.2 Å². The summed E-state index contributed by atoms with van der Waals surface area (Å²) in [5.74, 6) is -3.66. The van der Waals surface area contributed by atoms with Gasteiger partial charge in [-0.2, -0.15) is 0 Å². The van der Waals surface area contributed by atoms with Crippen LogP contribution in [0.5, 0.6) is 11.5 Å². The molecular weight excluding hydrogens is 714 g/mol. The number of phenolic OH excluding ortho intramolecular Hbond substituents is 1. The monoisotopic (exact) mass is 730 g/mol. The van der Waals surface area contributed by atoms with E-state index in [9.17, 15) is 28.7 Å². The zero-order chi connectivity index (χ0) is 29.8. The number of hydrogen-bond acceptors (Lipinski definition) is 6. The van der Waals surface area contributed by atoms with Gasteiger partial charge in [0, 0.05) is 23.9 Å². The van der Waals surface area contributed by atoms with E-state index in [2.05, 4.69) is 31.9 Å². The minimum atomic E-state index is -2.16. The standard InChI is InChI=1S/C26H19Br2Cl2FN4O6/c1-32-23(39)33-8-7-13-15(35(33)24(32)40)10-25(29)21(37)34(12-5-3-11(31)4-6-12)22(38)26(25,30)17(13)14-9-16(41-2)20(36)19(28)18(14)27/h3-7,9,15,17,36H,8,10H2,1-2H3/t15-,17-,25-,26+/m1/s1. The van der Waals surface area contributed by atoms with Crippen LogP contribution in [-0.2, 0) is 23.2 Å². The summed E-state index contributed by atoms with van der Waals surface area (Å²) >= 11 is 21.4. The number of alkyl halides is 2. The quantitative estimate of drug-likeness (QED) is 0.248. The zero-order valence-electron chi connectivity index (χ0n) is 21.2. The highest BCUT2D eigenvalue weighted by atomic mass is 79.9. The average Bonchev–Trinajstić information content (AvgIpc) is 3.26. The number of rotatable bonds is 3. The summed E-state index contributed by atoms with van der Waals surface area (Å²) in [5.41, 5.74) is -0.354. The maximum atomic E-state index is 14.3. The molecule has 0 bridgehead atoms. The highest BCUT2D eigenvalue weighted by molar-refractivity contribution is 9.13. The molecule has 4 atom stereocenters. The second-order valence-corrected chi connectivity index (χ2v) is 12.8. The van der Waals surface area contributed by atoms with Crippen LogP contribution in [0, 0.1) is 5.82 Å².